The van der Waals surface area contributed by atoms with E-state index in [1.54, 1.807) is 0 Å². The van der Waals surface area contributed by atoms with E-state index in [0.717, 1.165) is 24.2 Å². The normalized spacial score (nSPS) is 17.9. The first kappa shape index (κ1) is 14.7. The number of anilines is 1. The van der Waals surface area contributed by atoms with E-state index in [9.17, 15) is 4.79 Å². The van der Waals surface area contributed by atoms with Crippen LogP contribution in [0.4, 0.5) is 10.5 Å². The summed E-state index contributed by atoms with van der Waals surface area (Å²) in [7, 11) is 0. The Balaban J connectivity index is 2.03. The summed E-state index contributed by atoms with van der Waals surface area (Å²) < 4.78 is 11.0. The topological polar surface area (TPSA) is 73.6 Å². The van der Waals surface area contributed by atoms with Crippen LogP contribution in [0.1, 0.15) is 32.8 Å². The second kappa shape index (κ2) is 5.71. The lowest BCUT2D eigenvalue weighted by Crippen LogP contribution is -2.30. The molecular formula is C15H22N2O3. The number of hydrogen-bond acceptors (Lipinski definition) is 4. The van der Waals surface area contributed by atoms with Crippen LogP contribution in [-0.4, -0.2) is 24.3 Å². The molecule has 0 radical (unpaired) electrons. The number of nitrogens with two attached hydrogens (primary N) is 1. The Morgan fingerprint density at radius 3 is 2.90 bits per heavy atom. The number of amides is 1. The van der Waals surface area contributed by atoms with Crippen LogP contribution in [0.25, 0.3) is 0 Å². The number of ether oxygens (including phenoxy) is 2. The van der Waals surface area contributed by atoms with E-state index in [-0.39, 0.29) is 6.10 Å². The van der Waals surface area contributed by atoms with Gasteiger partial charge in [-0.3, -0.25) is 5.32 Å². The minimum Gasteiger partial charge on any atom is -0.489 e. The Hall–Kier alpha value is -1.75. The number of fused-ring (bicyclic) bond motifs is 1. The third-order valence-corrected chi connectivity index (χ3v) is 3.00. The second-order valence-corrected chi connectivity index (χ2v) is 5.96. The molecule has 2 rings (SSSR count). The van der Waals surface area contributed by atoms with Crippen molar-refractivity contribution >= 4 is 11.8 Å². The van der Waals surface area contributed by atoms with E-state index >= 15 is 0 Å². The van der Waals surface area contributed by atoms with Gasteiger partial charge in [-0.25, -0.2) is 4.79 Å². The van der Waals surface area contributed by atoms with Crippen molar-refractivity contribution in [1.29, 1.82) is 0 Å². The van der Waals surface area contributed by atoms with Crippen molar-refractivity contribution in [2.24, 2.45) is 5.73 Å². The monoisotopic (exact) mass is 278 g/mol. The molecule has 0 bridgehead atoms. The molecule has 1 aliphatic rings. The molecule has 1 aromatic rings. The molecule has 0 saturated heterocycles. The highest BCUT2D eigenvalue weighted by molar-refractivity contribution is 5.85. The molecule has 5 nitrogen and oxygen atoms in total. The van der Waals surface area contributed by atoms with Crippen molar-refractivity contribution in [3.05, 3.63) is 23.8 Å². The molecule has 0 saturated carbocycles. The summed E-state index contributed by atoms with van der Waals surface area (Å²) in [6.45, 7) is 6.03. The third kappa shape index (κ3) is 3.87. The molecule has 1 atom stereocenters. The van der Waals surface area contributed by atoms with Crippen molar-refractivity contribution in [3.63, 3.8) is 0 Å². The van der Waals surface area contributed by atoms with Crippen LogP contribution in [0.15, 0.2) is 18.2 Å². The maximum atomic E-state index is 11.7. The Morgan fingerprint density at radius 1 is 1.50 bits per heavy atom. The predicted molar refractivity (Wildman–Crippen MR) is 78.1 cm³/mol. The molecule has 0 aliphatic carbocycles. The molecule has 1 aromatic carbocycles. The zero-order chi connectivity index (χ0) is 14.8. The lowest BCUT2D eigenvalue weighted by Gasteiger charge is -2.25. The van der Waals surface area contributed by atoms with Gasteiger partial charge in [-0.05, 0) is 57.4 Å². The van der Waals surface area contributed by atoms with Gasteiger partial charge in [0.25, 0.3) is 0 Å². The molecular weight excluding hydrogens is 256 g/mol. The third-order valence-electron chi connectivity index (χ3n) is 3.00. The smallest absolute Gasteiger partial charge is 0.412 e. The van der Waals surface area contributed by atoms with Crippen LogP contribution < -0.4 is 15.8 Å². The highest BCUT2D eigenvalue weighted by Crippen LogP contribution is 2.30. The minimum absolute atomic E-state index is 0.0900. The van der Waals surface area contributed by atoms with Gasteiger partial charge in [0.2, 0.25) is 0 Å². The number of benzene rings is 1. The summed E-state index contributed by atoms with van der Waals surface area (Å²) in [6, 6.07) is 5.59. The maximum absolute atomic E-state index is 11.7. The Kier molecular flexibility index (Phi) is 4.18. The molecule has 1 aliphatic heterocycles. The second-order valence-electron chi connectivity index (χ2n) is 5.96. The van der Waals surface area contributed by atoms with Gasteiger partial charge in [0.1, 0.15) is 17.5 Å². The standard InChI is InChI=1S/C15H22N2O3/c1-15(2,3)20-14(18)17-11-5-7-13-10(8-11)4-6-12(9-16)19-13/h5,7-8,12H,4,6,9,16H2,1-3H3,(H,17,18). The molecule has 3 N–H and O–H groups in total. The molecule has 1 amide bonds. The molecule has 110 valence electrons. The largest absolute Gasteiger partial charge is 0.489 e. The van der Waals surface area contributed by atoms with Gasteiger partial charge in [-0.2, -0.15) is 0 Å². The summed E-state index contributed by atoms with van der Waals surface area (Å²) >= 11 is 0. The molecule has 1 unspecified atom stereocenters. The summed E-state index contributed by atoms with van der Waals surface area (Å²) in [5, 5.41) is 2.73. The molecule has 0 aromatic heterocycles. The first-order chi connectivity index (χ1) is 9.37. The average molecular weight is 278 g/mol. The van der Waals surface area contributed by atoms with Crippen molar-refractivity contribution < 1.29 is 14.3 Å². The zero-order valence-electron chi connectivity index (χ0n) is 12.2. The average Bonchev–Trinajstić information content (AvgIpc) is 2.35. The van der Waals surface area contributed by atoms with Crippen molar-refractivity contribution in [2.75, 3.05) is 11.9 Å². The Bertz CT molecular complexity index is 494. The van der Waals surface area contributed by atoms with Crippen LogP contribution in [0.2, 0.25) is 0 Å². The number of carbonyl (C=O) groups is 1. The fourth-order valence-corrected chi connectivity index (χ4v) is 2.11. The summed E-state index contributed by atoms with van der Waals surface area (Å²) in [6.07, 6.45) is 1.45. The van der Waals surface area contributed by atoms with Crippen LogP contribution in [0.3, 0.4) is 0 Å². The number of aryl methyl sites for hydroxylation is 1. The number of nitrogens with one attached hydrogen (secondary N) is 1. The fourth-order valence-electron chi connectivity index (χ4n) is 2.11. The molecule has 5 heteroatoms. The van der Waals surface area contributed by atoms with Gasteiger partial charge in [0.05, 0.1) is 0 Å². The number of hydrogen-bond donors (Lipinski definition) is 2. The van der Waals surface area contributed by atoms with Crippen LogP contribution >= 0.6 is 0 Å². The van der Waals surface area contributed by atoms with Crippen molar-refractivity contribution in [1.82, 2.24) is 0 Å². The fraction of sp³-hybridized carbons (Fsp3) is 0.533. The first-order valence-corrected chi connectivity index (χ1v) is 6.87. The van der Waals surface area contributed by atoms with E-state index in [4.69, 9.17) is 15.2 Å². The number of rotatable bonds is 2. The van der Waals surface area contributed by atoms with Gasteiger partial charge in [-0.1, -0.05) is 0 Å². The van der Waals surface area contributed by atoms with E-state index in [2.05, 4.69) is 5.32 Å². The SMILES string of the molecule is CC(C)(C)OC(=O)Nc1ccc2c(c1)CCC(CN)O2. The molecule has 0 spiro atoms. The van der Waals surface area contributed by atoms with E-state index in [0.29, 0.717) is 12.2 Å². The van der Waals surface area contributed by atoms with Gasteiger partial charge in [0.15, 0.2) is 0 Å². The molecule has 20 heavy (non-hydrogen) atoms. The van der Waals surface area contributed by atoms with Crippen molar-refractivity contribution in [2.45, 2.75) is 45.3 Å². The van der Waals surface area contributed by atoms with Crippen molar-refractivity contribution in [3.8, 4) is 5.75 Å². The van der Waals surface area contributed by atoms with E-state index in [1.807, 2.05) is 39.0 Å². The van der Waals surface area contributed by atoms with E-state index in [1.165, 1.54) is 0 Å². The quantitative estimate of drug-likeness (QED) is 0.872. The Morgan fingerprint density at radius 2 is 2.25 bits per heavy atom. The predicted octanol–water partition coefficient (Wildman–Crippen LogP) is 2.69. The summed E-state index contributed by atoms with van der Waals surface area (Å²) in [5.41, 5.74) is 6.91. The van der Waals surface area contributed by atoms with Gasteiger partial charge < -0.3 is 15.2 Å². The Labute approximate surface area is 119 Å². The minimum atomic E-state index is -0.504. The van der Waals surface area contributed by atoms with Gasteiger partial charge >= 0.3 is 6.09 Å². The van der Waals surface area contributed by atoms with Crippen LogP contribution in [0, 0.1) is 0 Å². The summed E-state index contributed by atoms with van der Waals surface area (Å²) in [4.78, 5) is 11.7. The van der Waals surface area contributed by atoms with Crippen LogP contribution in [0.5, 0.6) is 5.75 Å². The molecule has 0 fully saturated rings. The number of carbonyl (C=O) groups excluding carboxylic acids is 1. The lowest BCUT2D eigenvalue weighted by atomic mass is 10.0. The highest BCUT2D eigenvalue weighted by Gasteiger charge is 2.20. The summed E-state index contributed by atoms with van der Waals surface area (Å²) in [5.74, 6) is 0.849. The van der Waals surface area contributed by atoms with Gasteiger partial charge in [0, 0.05) is 12.2 Å². The lowest BCUT2D eigenvalue weighted by molar-refractivity contribution is 0.0636. The molecule has 1 heterocycles. The zero-order valence-corrected chi connectivity index (χ0v) is 12.2. The van der Waals surface area contributed by atoms with Gasteiger partial charge in [-0.15, -0.1) is 0 Å². The highest BCUT2D eigenvalue weighted by atomic mass is 16.6. The maximum Gasteiger partial charge on any atom is 0.412 e. The van der Waals surface area contributed by atoms with Crippen LogP contribution in [-0.2, 0) is 11.2 Å². The first-order valence-electron chi connectivity index (χ1n) is 6.87. The van der Waals surface area contributed by atoms with E-state index < -0.39 is 11.7 Å².